The first kappa shape index (κ1) is 24.3. The normalized spacial score (nSPS) is 11.7. The number of fused-ring (bicyclic) bond motifs is 1. The lowest BCUT2D eigenvalue weighted by Crippen LogP contribution is -2.35. The van der Waals surface area contributed by atoms with Crippen molar-refractivity contribution >= 4 is 28.7 Å². The number of carboxylic acids is 1. The van der Waals surface area contributed by atoms with Crippen LogP contribution in [0.25, 0.3) is 16.7 Å². The molecule has 4 aromatic rings. The molecule has 184 valence electrons. The van der Waals surface area contributed by atoms with E-state index in [2.05, 4.69) is 16.9 Å². The maximum atomic E-state index is 13.7. The Morgan fingerprint density at radius 1 is 1.11 bits per heavy atom. The van der Waals surface area contributed by atoms with Gasteiger partial charge >= 0.3 is 11.7 Å². The van der Waals surface area contributed by atoms with E-state index in [-0.39, 0.29) is 25.2 Å². The summed E-state index contributed by atoms with van der Waals surface area (Å²) in [5, 5.41) is 11.9. The van der Waals surface area contributed by atoms with E-state index in [0.29, 0.717) is 28.2 Å². The number of nitrogens with one attached hydrogen (secondary N) is 1. The summed E-state index contributed by atoms with van der Waals surface area (Å²) in [7, 11) is 0. The lowest BCUT2D eigenvalue weighted by Gasteiger charge is -2.18. The van der Waals surface area contributed by atoms with Gasteiger partial charge in [-0.05, 0) is 55.0 Å². The summed E-state index contributed by atoms with van der Waals surface area (Å²) >= 11 is 0. The number of imidazole rings is 1. The van der Waals surface area contributed by atoms with Crippen molar-refractivity contribution in [2.45, 2.75) is 18.9 Å². The maximum absolute atomic E-state index is 13.7. The van der Waals surface area contributed by atoms with Gasteiger partial charge in [0.15, 0.2) is 0 Å². The predicted octanol–water partition coefficient (Wildman–Crippen LogP) is 3.27. The Morgan fingerprint density at radius 2 is 1.81 bits per heavy atom. The van der Waals surface area contributed by atoms with Crippen LogP contribution in [0, 0.1) is 0 Å². The zero-order chi connectivity index (χ0) is 25.7. The molecule has 0 spiro atoms. The van der Waals surface area contributed by atoms with E-state index < -0.39 is 23.6 Å². The monoisotopic (exact) mass is 487 g/mol. The smallest absolute Gasteiger partial charge is 0.334 e. The number of hydrogen-bond donors (Lipinski definition) is 3. The number of benzene rings is 2. The number of ether oxygens (including phenoxy) is 1. The van der Waals surface area contributed by atoms with Gasteiger partial charge in [-0.15, -0.1) is 0 Å². The van der Waals surface area contributed by atoms with Gasteiger partial charge in [0.05, 0.1) is 17.2 Å². The number of pyridine rings is 1. The second-order valence-electron chi connectivity index (χ2n) is 8.00. The molecule has 4 N–H and O–H groups in total. The van der Waals surface area contributed by atoms with E-state index in [9.17, 15) is 19.5 Å². The summed E-state index contributed by atoms with van der Waals surface area (Å²) in [5.74, 6) is -0.0426. The number of aromatic nitrogens is 3. The summed E-state index contributed by atoms with van der Waals surface area (Å²) in [6.07, 6.45) is 2.50. The molecule has 10 heteroatoms. The highest BCUT2D eigenvalue weighted by molar-refractivity contribution is 5.88. The molecule has 1 atom stereocenters. The standard InChI is InChI=1S/C26H25N5O5/c1-2-22(32)29-16-18(10-13-23(33)34)30-21-14-15-28-25(27)24(21)31(26(30)35)17-8-11-20(12-9-17)36-19-6-4-3-5-7-19/h2-9,11-12,14-15,18H,1,10,13,16H2,(H2,27,28)(H,29,32)(H,33,34). The van der Waals surface area contributed by atoms with Crippen LogP contribution in [0.3, 0.4) is 0 Å². The molecule has 0 saturated heterocycles. The molecule has 36 heavy (non-hydrogen) atoms. The Hall–Kier alpha value is -4.86. The number of aliphatic carboxylic acids is 1. The first-order chi connectivity index (χ1) is 17.4. The second kappa shape index (κ2) is 10.6. The van der Waals surface area contributed by atoms with Gasteiger partial charge < -0.3 is 20.9 Å². The molecule has 1 unspecified atom stereocenters. The van der Waals surface area contributed by atoms with E-state index in [1.54, 1.807) is 30.3 Å². The highest BCUT2D eigenvalue weighted by Gasteiger charge is 2.24. The van der Waals surface area contributed by atoms with Crippen molar-refractivity contribution in [2.75, 3.05) is 12.3 Å². The molecule has 10 nitrogen and oxygen atoms in total. The quantitative estimate of drug-likeness (QED) is 0.292. The average molecular weight is 488 g/mol. The number of para-hydroxylation sites is 1. The Kier molecular flexibility index (Phi) is 7.15. The van der Waals surface area contributed by atoms with Gasteiger partial charge in [-0.2, -0.15) is 0 Å². The van der Waals surface area contributed by atoms with Crippen molar-refractivity contribution in [3.8, 4) is 17.2 Å². The highest BCUT2D eigenvalue weighted by atomic mass is 16.5. The molecule has 4 rings (SSSR count). The van der Waals surface area contributed by atoms with Crippen LogP contribution in [0.4, 0.5) is 5.82 Å². The Morgan fingerprint density at radius 3 is 2.47 bits per heavy atom. The van der Waals surface area contributed by atoms with Crippen LogP contribution in [-0.2, 0) is 9.59 Å². The van der Waals surface area contributed by atoms with Gasteiger partial charge in [0.25, 0.3) is 0 Å². The van der Waals surface area contributed by atoms with Gasteiger partial charge in [-0.1, -0.05) is 24.8 Å². The first-order valence-corrected chi connectivity index (χ1v) is 11.2. The molecule has 0 bridgehead atoms. The van der Waals surface area contributed by atoms with Gasteiger partial charge in [-0.25, -0.2) is 9.78 Å². The molecule has 0 saturated carbocycles. The Labute approximate surface area is 206 Å². The number of amides is 1. The van der Waals surface area contributed by atoms with Crippen molar-refractivity contribution in [1.29, 1.82) is 0 Å². The average Bonchev–Trinajstić information content (AvgIpc) is 3.18. The van der Waals surface area contributed by atoms with Crippen LogP contribution in [0.15, 0.2) is 84.3 Å². The molecule has 0 aliphatic rings. The molecular weight excluding hydrogens is 462 g/mol. The fourth-order valence-corrected chi connectivity index (χ4v) is 3.97. The van der Waals surface area contributed by atoms with Gasteiger partial charge in [0.2, 0.25) is 5.91 Å². The van der Waals surface area contributed by atoms with Crippen LogP contribution in [0.1, 0.15) is 18.9 Å². The van der Waals surface area contributed by atoms with Crippen molar-refractivity contribution in [1.82, 2.24) is 19.4 Å². The van der Waals surface area contributed by atoms with Crippen LogP contribution >= 0.6 is 0 Å². The SMILES string of the molecule is C=CC(=O)NCC(CCC(=O)O)n1c(=O)n(-c2ccc(Oc3ccccc3)cc2)c2c(N)nccc21. The minimum Gasteiger partial charge on any atom is -0.481 e. The minimum absolute atomic E-state index is 0.0310. The minimum atomic E-state index is -1.01. The third-order valence-electron chi connectivity index (χ3n) is 5.64. The molecule has 0 radical (unpaired) electrons. The van der Waals surface area contributed by atoms with Crippen LogP contribution < -0.4 is 21.5 Å². The zero-order valence-electron chi connectivity index (χ0n) is 19.3. The van der Waals surface area contributed by atoms with Crippen LogP contribution in [0.2, 0.25) is 0 Å². The van der Waals surface area contributed by atoms with Crippen molar-refractivity contribution in [3.05, 3.63) is 90.0 Å². The number of nitrogens with zero attached hydrogens (tertiary/aromatic N) is 3. The van der Waals surface area contributed by atoms with Crippen molar-refractivity contribution in [2.24, 2.45) is 0 Å². The number of nitrogens with two attached hydrogens (primary N) is 1. The molecule has 0 aliphatic carbocycles. The second-order valence-corrected chi connectivity index (χ2v) is 8.00. The van der Waals surface area contributed by atoms with E-state index in [4.69, 9.17) is 10.5 Å². The largest absolute Gasteiger partial charge is 0.481 e. The number of hydrogen-bond acceptors (Lipinski definition) is 6. The summed E-state index contributed by atoms with van der Waals surface area (Å²) in [6, 6.07) is 17.2. The zero-order valence-corrected chi connectivity index (χ0v) is 19.3. The van der Waals surface area contributed by atoms with Crippen molar-refractivity contribution in [3.63, 3.8) is 0 Å². The van der Waals surface area contributed by atoms with Crippen molar-refractivity contribution < 1.29 is 19.4 Å². The summed E-state index contributed by atoms with van der Waals surface area (Å²) in [4.78, 5) is 41.0. The first-order valence-electron chi connectivity index (χ1n) is 11.2. The summed E-state index contributed by atoms with van der Waals surface area (Å²) in [5.41, 5.74) is 7.13. The lowest BCUT2D eigenvalue weighted by atomic mass is 10.1. The Bertz CT molecular complexity index is 1460. The van der Waals surface area contributed by atoms with Gasteiger partial charge in [0.1, 0.15) is 22.8 Å². The van der Waals surface area contributed by atoms with Crippen LogP contribution in [0.5, 0.6) is 11.5 Å². The third-order valence-corrected chi connectivity index (χ3v) is 5.64. The van der Waals surface area contributed by atoms with Gasteiger partial charge in [-0.3, -0.25) is 18.7 Å². The molecule has 2 heterocycles. The van der Waals surface area contributed by atoms with E-state index in [1.165, 1.54) is 15.3 Å². The predicted molar refractivity (Wildman–Crippen MR) is 135 cm³/mol. The number of rotatable bonds is 10. The lowest BCUT2D eigenvalue weighted by molar-refractivity contribution is -0.137. The van der Waals surface area contributed by atoms with E-state index in [0.717, 1.165) is 6.08 Å². The van der Waals surface area contributed by atoms with E-state index >= 15 is 0 Å². The number of nitrogen functional groups attached to an aromatic ring is 1. The van der Waals surface area contributed by atoms with Crippen LogP contribution in [-0.4, -0.2) is 37.6 Å². The summed E-state index contributed by atoms with van der Waals surface area (Å²) in [6.45, 7) is 3.46. The number of carbonyl (C=O) groups is 2. The molecule has 1 amide bonds. The number of carboxylic acid groups (broad SMARTS) is 1. The molecule has 0 aliphatic heterocycles. The van der Waals surface area contributed by atoms with Gasteiger partial charge in [0, 0.05) is 19.2 Å². The summed E-state index contributed by atoms with van der Waals surface area (Å²) < 4.78 is 8.72. The topological polar surface area (TPSA) is 141 Å². The van der Waals surface area contributed by atoms with E-state index in [1.807, 2.05) is 30.3 Å². The fourth-order valence-electron chi connectivity index (χ4n) is 3.97. The number of anilines is 1. The third kappa shape index (κ3) is 5.12. The molecule has 0 fully saturated rings. The fraction of sp³-hybridized carbons (Fsp3) is 0.154. The molecule has 2 aromatic carbocycles. The molecular formula is C26H25N5O5. The maximum Gasteiger partial charge on any atom is 0.334 e. The molecule has 2 aromatic heterocycles. The Balaban J connectivity index is 1.78. The number of carbonyl (C=O) groups excluding carboxylic acids is 1. The highest BCUT2D eigenvalue weighted by Crippen LogP contribution is 2.27.